The van der Waals surface area contributed by atoms with Gasteiger partial charge >= 0.3 is 11.9 Å². The van der Waals surface area contributed by atoms with E-state index in [-0.39, 0.29) is 18.9 Å². The maximum Gasteiger partial charge on any atom is 0.331 e. The monoisotopic (exact) mass is 303 g/mol. The zero-order valence-electron chi connectivity index (χ0n) is 12.2. The molecule has 0 heterocycles. The smallest absolute Gasteiger partial charge is 0.331 e. The summed E-state index contributed by atoms with van der Waals surface area (Å²) in [5.41, 5.74) is 0. The Bertz CT molecular complexity index is 360. The van der Waals surface area contributed by atoms with Gasteiger partial charge in [-0.25, -0.2) is 9.59 Å². The van der Waals surface area contributed by atoms with Crippen molar-refractivity contribution in [2.45, 2.75) is 6.42 Å². The highest BCUT2D eigenvalue weighted by atomic mass is 16.5. The van der Waals surface area contributed by atoms with Crippen LogP contribution in [-0.4, -0.2) is 75.0 Å². The van der Waals surface area contributed by atoms with E-state index in [1.54, 1.807) is 4.90 Å². The van der Waals surface area contributed by atoms with E-state index in [0.29, 0.717) is 32.4 Å². The first-order valence-corrected chi connectivity index (χ1v) is 6.34. The summed E-state index contributed by atoms with van der Waals surface area (Å²) in [6.45, 7) is 1.53. The van der Waals surface area contributed by atoms with Crippen molar-refractivity contribution in [3.05, 3.63) is 12.2 Å². The lowest BCUT2D eigenvalue weighted by Crippen LogP contribution is -2.37. The lowest BCUT2D eigenvalue weighted by molar-refractivity contribution is -0.141. The summed E-state index contributed by atoms with van der Waals surface area (Å²) in [7, 11) is 3.07. The third-order valence-corrected chi connectivity index (χ3v) is 2.41. The predicted octanol–water partition coefficient (Wildman–Crippen LogP) is -0.318. The van der Waals surface area contributed by atoms with Crippen LogP contribution in [0.15, 0.2) is 12.2 Å². The van der Waals surface area contributed by atoms with Gasteiger partial charge in [0.25, 0.3) is 0 Å². The Morgan fingerprint density at radius 2 is 1.57 bits per heavy atom. The van der Waals surface area contributed by atoms with Crippen LogP contribution in [-0.2, 0) is 28.6 Å². The van der Waals surface area contributed by atoms with Crippen molar-refractivity contribution in [1.82, 2.24) is 4.90 Å². The molecule has 0 bridgehead atoms. The van der Waals surface area contributed by atoms with E-state index >= 15 is 0 Å². The minimum Gasteiger partial charge on any atom is -0.478 e. The SMILES string of the molecule is COCCN(CCOC)C(=O)CCOC(=O)C=CC(=O)O. The van der Waals surface area contributed by atoms with E-state index in [1.165, 1.54) is 14.2 Å². The fraction of sp³-hybridized carbons (Fsp3) is 0.615. The average Bonchev–Trinajstić information content (AvgIpc) is 2.45. The number of methoxy groups -OCH3 is 2. The summed E-state index contributed by atoms with van der Waals surface area (Å²) >= 11 is 0. The second kappa shape index (κ2) is 11.9. The second-order valence-electron chi connectivity index (χ2n) is 3.96. The van der Waals surface area contributed by atoms with Crippen LogP contribution in [0.2, 0.25) is 0 Å². The molecule has 0 spiro atoms. The maximum absolute atomic E-state index is 11.9. The van der Waals surface area contributed by atoms with Crippen molar-refractivity contribution in [2.24, 2.45) is 0 Å². The third-order valence-electron chi connectivity index (χ3n) is 2.41. The molecule has 0 aliphatic carbocycles. The van der Waals surface area contributed by atoms with Crippen molar-refractivity contribution < 1.29 is 33.7 Å². The number of carboxylic acids is 1. The van der Waals surface area contributed by atoms with Gasteiger partial charge in [-0.15, -0.1) is 0 Å². The molecular formula is C13H21NO7. The Morgan fingerprint density at radius 3 is 2.05 bits per heavy atom. The fourth-order valence-electron chi connectivity index (χ4n) is 1.35. The molecular weight excluding hydrogens is 282 g/mol. The average molecular weight is 303 g/mol. The molecule has 8 nitrogen and oxygen atoms in total. The van der Waals surface area contributed by atoms with Gasteiger partial charge in [0.05, 0.1) is 19.6 Å². The van der Waals surface area contributed by atoms with Gasteiger partial charge in [0.15, 0.2) is 0 Å². The predicted molar refractivity (Wildman–Crippen MR) is 72.7 cm³/mol. The standard InChI is InChI=1S/C13H21NO7/c1-19-9-6-14(7-10-20-2)11(15)5-8-21-13(18)4-3-12(16)17/h3-4H,5-10H2,1-2H3,(H,16,17). The molecule has 0 aromatic heterocycles. The number of hydrogen-bond donors (Lipinski definition) is 1. The lowest BCUT2D eigenvalue weighted by Gasteiger charge is -2.21. The largest absolute Gasteiger partial charge is 0.478 e. The number of carbonyl (C=O) groups excluding carboxylic acids is 2. The first-order chi connectivity index (χ1) is 10.0. The van der Waals surface area contributed by atoms with Crippen LogP contribution in [0.3, 0.4) is 0 Å². The molecule has 0 aliphatic rings. The number of nitrogens with zero attached hydrogens (tertiary/aromatic N) is 1. The summed E-state index contributed by atoms with van der Waals surface area (Å²) in [6, 6.07) is 0. The van der Waals surface area contributed by atoms with Crippen LogP contribution in [0.1, 0.15) is 6.42 Å². The molecule has 0 saturated carbocycles. The second-order valence-corrected chi connectivity index (χ2v) is 3.96. The Hall–Kier alpha value is -1.93. The Kier molecular flexibility index (Phi) is 10.8. The van der Waals surface area contributed by atoms with E-state index < -0.39 is 11.9 Å². The Labute approximate surface area is 123 Å². The third kappa shape index (κ3) is 10.5. The zero-order chi connectivity index (χ0) is 16.1. The van der Waals surface area contributed by atoms with Crippen molar-refractivity contribution in [1.29, 1.82) is 0 Å². The number of carbonyl (C=O) groups is 3. The highest BCUT2D eigenvalue weighted by Crippen LogP contribution is 1.97. The summed E-state index contributed by atoms with van der Waals surface area (Å²) in [4.78, 5) is 34.8. The van der Waals surface area contributed by atoms with Crippen LogP contribution in [0.5, 0.6) is 0 Å². The summed E-state index contributed by atoms with van der Waals surface area (Å²) in [6.07, 6.45) is 1.48. The molecule has 0 radical (unpaired) electrons. The molecule has 0 aliphatic heterocycles. The van der Waals surface area contributed by atoms with E-state index in [1.807, 2.05) is 0 Å². The van der Waals surface area contributed by atoms with Gasteiger partial charge in [0.1, 0.15) is 6.61 Å². The van der Waals surface area contributed by atoms with Crippen molar-refractivity contribution in [3.63, 3.8) is 0 Å². The van der Waals surface area contributed by atoms with Gasteiger partial charge in [-0.05, 0) is 0 Å². The zero-order valence-corrected chi connectivity index (χ0v) is 12.2. The minimum absolute atomic E-state index is 0.0140. The van der Waals surface area contributed by atoms with E-state index in [0.717, 1.165) is 6.08 Å². The molecule has 8 heteroatoms. The van der Waals surface area contributed by atoms with Gasteiger partial charge < -0.3 is 24.2 Å². The Morgan fingerprint density at radius 1 is 1.00 bits per heavy atom. The minimum atomic E-state index is -1.24. The van der Waals surface area contributed by atoms with Crippen LogP contribution in [0.25, 0.3) is 0 Å². The quantitative estimate of drug-likeness (QED) is 0.412. The molecule has 0 saturated heterocycles. The van der Waals surface area contributed by atoms with Crippen LogP contribution < -0.4 is 0 Å². The normalized spacial score (nSPS) is 10.6. The van der Waals surface area contributed by atoms with E-state index in [9.17, 15) is 14.4 Å². The van der Waals surface area contributed by atoms with Crippen LogP contribution in [0.4, 0.5) is 0 Å². The molecule has 1 N–H and O–H groups in total. The number of aliphatic carboxylic acids is 1. The number of carboxylic acid groups (broad SMARTS) is 1. The molecule has 0 aromatic rings. The fourth-order valence-corrected chi connectivity index (χ4v) is 1.35. The van der Waals surface area contributed by atoms with Crippen LogP contribution >= 0.6 is 0 Å². The summed E-state index contributed by atoms with van der Waals surface area (Å²) in [5, 5.41) is 8.33. The Balaban J connectivity index is 4.11. The first kappa shape index (κ1) is 19.1. The van der Waals surface area contributed by atoms with Gasteiger partial charge in [0.2, 0.25) is 5.91 Å². The topological polar surface area (TPSA) is 102 Å². The number of hydrogen-bond acceptors (Lipinski definition) is 6. The maximum atomic E-state index is 11.9. The molecule has 0 unspecified atom stereocenters. The highest BCUT2D eigenvalue weighted by molar-refractivity contribution is 5.90. The summed E-state index contributed by atoms with van der Waals surface area (Å²) < 4.78 is 14.6. The molecule has 0 rings (SSSR count). The van der Waals surface area contributed by atoms with E-state index in [2.05, 4.69) is 0 Å². The van der Waals surface area contributed by atoms with Gasteiger partial charge in [-0.1, -0.05) is 0 Å². The van der Waals surface area contributed by atoms with Crippen molar-refractivity contribution in [2.75, 3.05) is 47.1 Å². The molecule has 1 amide bonds. The van der Waals surface area contributed by atoms with E-state index in [4.69, 9.17) is 19.3 Å². The molecule has 120 valence electrons. The number of rotatable bonds is 11. The van der Waals surface area contributed by atoms with Gasteiger partial charge in [-0.3, -0.25) is 4.79 Å². The number of ether oxygens (including phenoxy) is 3. The molecule has 0 fully saturated rings. The molecule has 0 atom stereocenters. The van der Waals surface area contributed by atoms with Gasteiger partial charge in [0, 0.05) is 39.5 Å². The number of esters is 1. The van der Waals surface area contributed by atoms with Gasteiger partial charge in [-0.2, -0.15) is 0 Å². The summed E-state index contributed by atoms with van der Waals surface area (Å²) in [5.74, 6) is -2.24. The van der Waals surface area contributed by atoms with Crippen LogP contribution in [0, 0.1) is 0 Å². The number of amides is 1. The first-order valence-electron chi connectivity index (χ1n) is 6.34. The molecule has 21 heavy (non-hydrogen) atoms. The highest BCUT2D eigenvalue weighted by Gasteiger charge is 2.13. The lowest BCUT2D eigenvalue weighted by atomic mass is 10.3. The van der Waals surface area contributed by atoms with Crippen molar-refractivity contribution in [3.8, 4) is 0 Å². The molecule has 0 aromatic carbocycles. The van der Waals surface area contributed by atoms with Crippen molar-refractivity contribution >= 4 is 17.8 Å².